The molecule has 0 N–H and O–H groups in total. The maximum atomic E-state index is 11.9. The van der Waals surface area contributed by atoms with Crippen molar-refractivity contribution in [3.63, 3.8) is 0 Å². The van der Waals surface area contributed by atoms with Crippen molar-refractivity contribution in [3.8, 4) is 0 Å². The van der Waals surface area contributed by atoms with E-state index in [9.17, 15) is 4.79 Å². The molecule has 1 aromatic carbocycles. The van der Waals surface area contributed by atoms with Crippen molar-refractivity contribution >= 4 is 56.5 Å². The minimum atomic E-state index is -0.448. The summed E-state index contributed by atoms with van der Waals surface area (Å²) in [5, 5.41) is 0. The lowest BCUT2D eigenvalue weighted by molar-refractivity contribution is -0.129. The van der Waals surface area contributed by atoms with Crippen LogP contribution in [0.15, 0.2) is 57.9 Å². The number of hydrogen-bond donors (Lipinski definition) is 0. The molecule has 1 aliphatic rings. The number of pyridine rings is 1. The van der Waals surface area contributed by atoms with Crippen LogP contribution >= 0.6 is 38.5 Å². The minimum absolute atomic E-state index is 0.283. The van der Waals surface area contributed by atoms with Crippen LogP contribution in [-0.4, -0.2) is 16.9 Å². The van der Waals surface area contributed by atoms with Gasteiger partial charge in [0.25, 0.3) is 0 Å². The van der Waals surface area contributed by atoms with Gasteiger partial charge < -0.3 is 4.74 Å². The molecule has 21 heavy (non-hydrogen) atoms. The molecule has 3 rings (SSSR count). The number of cyclic esters (lactones) is 1. The Morgan fingerprint density at radius 2 is 1.95 bits per heavy atom. The summed E-state index contributed by atoms with van der Waals surface area (Å²) in [7, 11) is 0. The van der Waals surface area contributed by atoms with Gasteiger partial charge in [0.1, 0.15) is 0 Å². The fraction of sp³-hybridized carbons (Fsp3) is 0. The lowest BCUT2D eigenvalue weighted by Crippen LogP contribution is -2.05. The highest BCUT2D eigenvalue weighted by atomic mass is 127. The van der Waals surface area contributed by atoms with Gasteiger partial charge in [-0.25, -0.2) is 9.79 Å². The van der Waals surface area contributed by atoms with Gasteiger partial charge in [-0.05, 0) is 80.5 Å². The Kier molecular flexibility index (Phi) is 4.16. The summed E-state index contributed by atoms with van der Waals surface area (Å²) in [6.07, 6.45) is 5.00. The smallest absolute Gasteiger partial charge is 0.363 e. The monoisotopic (exact) mass is 454 g/mol. The van der Waals surface area contributed by atoms with Gasteiger partial charge in [0.05, 0.1) is 0 Å². The van der Waals surface area contributed by atoms with E-state index in [4.69, 9.17) is 4.74 Å². The van der Waals surface area contributed by atoms with E-state index >= 15 is 0 Å². The first-order valence-corrected chi connectivity index (χ1v) is 7.89. The second kappa shape index (κ2) is 6.07. The van der Waals surface area contributed by atoms with Crippen LogP contribution in [0.1, 0.15) is 11.1 Å². The number of carbonyl (C=O) groups excluding carboxylic acids is 1. The standard InChI is InChI=1S/C15H8BrIN2O2/c16-11-8-10(1-2-12(11)17)14-19-13(15(20)21-14)7-9-3-5-18-6-4-9/h1-8H/b13-7-. The maximum Gasteiger partial charge on any atom is 0.363 e. The average molecular weight is 455 g/mol. The zero-order valence-electron chi connectivity index (χ0n) is 10.6. The summed E-state index contributed by atoms with van der Waals surface area (Å²) in [5.74, 6) is -0.131. The largest absolute Gasteiger partial charge is 0.402 e. The van der Waals surface area contributed by atoms with Crippen LogP contribution in [0.4, 0.5) is 0 Å². The first-order chi connectivity index (χ1) is 10.1. The molecule has 1 aromatic heterocycles. The van der Waals surface area contributed by atoms with Gasteiger partial charge in [0, 0.05) is 26.0 Å². The summed E-state index contributed by atoms with van der Waals surface area (Å²) in [4.78, 5) is 20.1. The Morgan fingerprint density at radius 3 is 2.67 bits per heavy atom. The third-order valence-corrected chi connectivity index (χ3v) is 5.13. The average Bonchev–Trinajstić information content (AvgIpc) is 2.84. The normalized spacial score (nSPS) is 16.0. The number of benzene rings is 1. The Hall–Kier alpha value is -1.54. The number of ether oxygens (including phenoxy) is 1. The topological polar surface area (TPSA) is 51.5 Å². The van der Waals surface area contributed by atoms with E-state index in [-0.39, 0.29) is 5.70 Å². The number of carbonyl (C=O) groups is 1. The molecule has 104 valence electrons. The summed E-state index contributed by atoms with van der Waals surface area (Å²) in [5.41, 5.74) is 1.89. The van der Waals surface area contributed by atoms with Gasteiger partial charge >= 0.3 is 5.97 Å². The van der Waals surface area contributed by atoms with Gasteiger partial charge in [-0.1, -0.05) is 0 Å². The number of halogens is 2. The van der Waals surface area contributed by atoms with Crippen LogP contribution in [0.5, 0.6) is 0 Å². The number of nitrogens with zero attached hydrogens (tertiary/aromatic N) is 2. The molecule has 0 saturated heterocycles. The number of aromatic nitrogens is 1. The van der Waals surface area contributed by atoms with Gasteiger partial charge in [-0.2, -0.15) is 0 Å². The van der Waals surface area contributed by atoms with Gasteiger partial charge in [-0.15, -0.1) is 0 Å². The van der Waals surface area contributed by atoms with E-state index in [1.807, 2.05) is 18.2 Å². The van der Waals surface area contributed by atoms with Crippen LogP contribution in [0.2, 0.25) is 0 Å². The lowest BCUT2D eigenvalue weighted by atomic mass is 10.2. The molecule has 4 nitrogen and oxygen atoms in total. The predicted molar refractivity (Wildman–Crippen MR) is 91.7 cm³/mol. The van der Waals surface area contributed by atoms with E-state index in [0.717, 1.165) is 19.2 Å². The number of aliphatic imine (C=N–C) groups is 1. The van der Waals surface area contributed by atoms with Crippen LogP contribution in [0.25, 0.3) is 6.08 Å². The zero-order valence-corrected chi connectivity index (χ0v) is 14.3. The van der Waals surface area contributed by atoms with E-state index < -0.39 is 5.97 Å². The minimum Gasteiger partial charge on any atom is -0.402 e. The van der Waals surface area contributed by atoms with Gasteiger partial charge in [0.15, 0.2) is 5.70 Å². The van der Waals surface area contributed by atoms with Crippen LogP contribution in [0.3, 0.4) is 0 Å². The molecular weight excluding hydrogens is 447 g/mol. The van der Waals surface area contributed by atoms with Crippen LogP contribution in [0, 0.1) is 3.57 Å². The van der Waals surface area contributed by atoms with Crippen molar-refractivity contribution < 1.29 is 9.53 Å². The summed E-state index contributed by atoms with van der Waals surface area (Å²) < 4.78 is 7.24. The second-order valence-corrected chi connectivity index (χ2v) is 6.26. The summed E-state index contributed by atoms with van der Waals surface area (Å²) in [6.45, 7) is 0. The highest BCUT2D eigenvalue weighted by Gasteiger charge is 2.24. The van der Waals surface area contributed by atoms with E-state index in [1.165, 1.54) is 0 Å². The molecule has 0 fully saturated rings. The van der Waals surface area contributed by atoms with Crippen molar-refractivity contribution in [1.29, 1.82) is 0 Å². The van der Waals surface area contributed by atoms with Crippen LogP contribution in [-0.2, 0) is 9.53 Å². The molecule has 0 aliphatic carbocycles. The molecule has 0 spiro atoms. The molecule has 2 aromatic rings. The van der Waals surface area contributed by atoms with Crippen molar-refractivity contribution in [2.75, 3.05) is 0 Å². The fourth-order valence-electron chi connectivity index (χ4n) is 1.78. The summed E-state index contributed by atoms with van der Waals surface area (Å²) >= 11 is 5.67. The Morgan fingerprint density at radius 1 is 1.19 bits per heavy atom. The van der Waals surface area contributed by atoms with Gasteiger partial charge in [0.2, 0.25) is 5.90 Å². The highest BCUT2D eigenvalue weighted by Crippen LogP contribution is 2.24. The lowest BCUT2D eigenvalue weighted by Gasteiger charge is -2.01. The molecule has 6 heteroatoms. The SMILES string of the molecule is O=C1OC(c2ccc(I)c(Br)c2)=N/C1=C\c1ccncc1. The van der Waals surface area contributed by atoms with E-state index in [2.05, 4.69) is 48.5 Å². The number of hydrogen-bond acceptors (Lipinski definition) is 4. The number of rotatable bonds is 2. The molecule has 0 amide bonds. The van der Waals surface area contributed by atoms with E-state index in [1.54, 1.807) is 30.6 Å². The Labute approximate surface area is 143 Å². The molecule has 0 atom stereocenters. The first-order valence-electron chi connectivity index (χ1n) is 6.01. The van der Waals surface area contributed by atoms with E-state index in [0.29, 0.717) is 5.90 Å². The van der Waals surface area contributed by atoms with Crippen molar-refractivity contribution in [1.82, 2.24) is 4.98 Å². The Bertz CT molecular complexity index is 772. The maximum absolute atomic E-state index is 11.9. The quantitative estimate of drug-likeness (QED) is 0.394. The summed E-state index contributed by atoms with van der Waals surface area (Å²) in [6, 6.07) is 9.28. The zero-order chi connectivity index (χ0) is 14.8. The second-order valence-electron chi connectivity index (χ2n) is 4.25. The van der Waals surface area contributed by atoms with Crippen LogP contribution < -0.4 is 0 Å². The third kappa shape index (κ3) is 3.21. The van der Waals surface area contributed by atoms with Gasteiger partial charge in [-0.3, -0.25) is 4.98 Å². The third-order valence-electron chi connectivity index (χ3n) is 2.80. The fourth-order valence-corrected chi connectivity index (χ4v) is 2.49. The highest BCUT2D eigenvalue weighted by molar-refractivity contribution is 14.1. The molecule has 0 radical (unpaired) electrons. The number of esters is 1. The molecular formula is C15H8BrIN2O2. The molecule has 1 aliphatic heterocycles. The van der Waals surface area contributed by atoms with Crippen molar-refractivity contribution in [3.05, 3.63) is 67.6 Å². The molecule has 0 bridgehead atoms. The molecule has 0 saturated carbocycles. The van der Waals surface area contributed by atoms with Crippen molar-refractivity contribution in [2.24, 2.45) is 4.99 Å². The molecule has 2 heterocycles. The Balaban J connectivity index is 1.95. The molecule has 0 unspecified atom stereocenters. The predicted octanol–water partition coefficient (Wildman–Crippen LogP) is 3.79. The first kappa shape index (κ1) is 14.4. The van der Waals surface area contributed by atoms with Crippen molar-refractivity contribution in [2.45, 2.75) is 0 Å².